The SMILES string of the molecule is Cc1ccc(COc2cccc(-c3ccc(Cc4nc5ccc(C(=O)O)cc5n4CC4OCC4(C)C)c(F)c3)n2)c(F)c1. The predicted molar refractivity (Wildman–Crippen MR) is 158 cm³/mol. The van der Waals surface area contributed by atoms with Crippen LogP contribution in [0.5, 0.6) is 5.88 Å². The molecule has 1 aliphatic rings. The minimum absolute atomic E-state index is 0.0217. The van der Waals surface area contributed by atoms with E-state index in [2.05, 4.69) is 18.8 Å². The molecule has 9 heteroatoms. The first kappa shape index (κ1) is 28.5. The van der Waals surface area contributed by atoms with Crippen molar-refractivity contribution in [3.8, 4) is 17.1 Å². The van der Waals surface area contributed by atoms with Crippen molar-refractivity contribution in [1.29, 1.82) is 0 Å². The molecule has 2 aromatic heterocycles. The number of ether oxygens (including phenoxy) is 2. The highest BCUT2D eigenvalue weighted by Crippen LogP contribution is 2.36. The number of carbonyl (C=O) groups is 1. The van der Waals surface area contributed by atoms with Gasteiger partial charge in [0.15, 0.2) is 0 Å². The molecule has 0 radical (unpaired) electrons. The van der Waals surface area contributed by atoms with Crippen LogP contribution in [0.2, 0.25) is 0 Å². The van der Waals surface area contributed by atoms with Gasteiger partial charge in [0, 0.05) is 29.0 Å². The fourth-order valence-corrected chi connectivity index (χ4v) is 5.24. The van der Waals surface area contributed by atoms with E-state index in [4.69, 9.17) is 14.5 Å². The van der Waals surface area contributed by atoms with Gasteiger partial charge in [0.25, 0.3) is 0 Å². The summed E-state index contributed by atoms with van der Waals surface area (Å²) in [7, 11) is 0. The van der Waals surface area contributed by atoms with Crippen molar-refractivity contribution in [2.45, 2.75) is 46.4 Å². The number of aromatic nitrogens is 3. The molecular weight excluding hydrogens is 552 g/mol. The molecule has 3 aromatic carbocycles. The molecule has 0 aliphatic carbocycles. The standard InChI is InChI=1S/C34H31F2N3O4/c1-20-7-8-24(25(35)13-20)18-42-32-6-4-5-27(38-32)22-10-9-21(26(36)14-22)16-31-37-28-12-11-23(33(40)41)15-29(28)39(31)17-30-34(2,3)19-43-30/h4-15,30H,16-19H2,1-3H3,(H,40,41). The third-order valence-corrected chi connectivity index (χ3v) is 7.96. The molecule has 0 spiro atoms. The number of hydrogen-bond donors (Lipinski definition) is 1. The summed E-state index contributed by atoms with van der Waals surface area (Å²) in [5.41, 5.74) is 4.21. The summed E-state index contributed by atoms with van der Waals surface area (Å²) in [5, 5.41) is 9.54. The van der Waals surface area contributed by atoms with Crippen molar-refractivity contribution in [1.82, 2.24) is 14.5 Å². The first-order chi connectivity index (χ1) is 20.6. The maximum atomic E-state index is 15.5. The molecule has 0 amide bonds. The van der Waals surface area contributed by atoms with Crippen molar-refractivity contribution >= 4 is 17.0 Å². The lowest BCUT2D eigenvalue weighted by atomic mass is 9.82. The molecule has 1 aliphatic heterocycles. The van der Waals surface area contributed by atoms with E-state index in [1.165, 1.54) is 18.2 Å². The summed E-state index contributed by atoms with van der Waals surface area (Å²) < 4.78 is 43.3. The normalized spacial score (nSPS) is 15.8. The van der Waals surface area contributed by atoms with Gasteiger partial charge < -0.3 is 19.1 Å². The fourth-order valence-electron chi connectivity index (χ4n) is 5.24. The van der Waals surface area contributed by atoms with Crippen LogP contribution in [0.25, 0.3) is 22.3 Å². The fraction of sp³-hybridized carbons (Fsp3) is 0.265. The van der Waals surface area contributed by atoms with E-state index < -0.39 is 11.8 Å². The highest BCUT2D eigenvalue weighted by atomic mass is 19.1. The monoisotopic (exact) mass is 583 g/mol. The van der Waals surface area contributed by atoms with Crippen molar-refractivity contribution in [2.75, 3.05) is 6.61 Å². The van der Waals surface area contributed by atoms with Crippen LogP contribution >= 0.6 is 0 Å². The second kappa shape index (κ2) is 11.2. The number of aryl methyl sites for hydroxylation is 1. The molecule has 1 N–H and O–H groups in total. The molecule has 220 valence electrons. The Labute approximate surface area is 247 Å². The summed E-state index contributed by atoms with van der Waals surface area (Å²) in [5.74, 6) is -0.862. The minimum atomic E-state index is -1.02. The first-order valence-corrected chi connectivity index (χ1v) is 14.0. The van der Waals surface area contributed by atoms with Crippen LogP contribution in [0.15, 0.2) is 72.8 Å². The molecule has 1 unspecified atom stereocenters. The Bertz CT molecular complexity index is 1850. The maximum Gasteiger partial charge on any atom is 0.335 e. The van der Waals surface area contributed by atoms with Crippen LogP contribution < -0.4 is 4.74 Å². The third-order valence-electron chi connectivity index (χ3n) is 7.96. The van der Waals surface area contributed by atoms with E-state index in [1.54, 1.807) is 48.5 Å². The Morgan fingerprint density at radius 2 is 1.81 bits per heavy atom. The zero-order valence-electron chi connectivity index (χ0n) is 24.1. The maximum absolute atomic E-state index is 15.5. The van der Waals surface area contributed by atoms with Crippen LogP contribution in [-0.2, 0) is 24.3 Å². The average molecular weight is 584 g/mol. The van der Waals surface area contributed by atoms with Gasteiger partial charge in [-0.05, 0) is 54.4 Å². The lowest BCUT2D eigenvalue weighted by molar-refractivity contribution is -0.173. The highest BCUT2D eigenvalue weighted by Gasteiger charge is 2.40. The van der Waals surface area contributed by atoms with Gasteiger partial charge in [-0.3, -0.25) is 0 Å². The number of imidazole rings is 1. The molecule has 3 heterocycles. The number of fused-ring (bicyclic) bond motifs is 1. The Balaban J connectivity index is 1.25. The zero-order valence-corrected chi connectivity index (χ0v) is 24.1. The van der Waals surface area contributed by atoms with Crippen LogP contribution in [0.3, 0.4) is 0 Å². The van der Waals surface area contributed by atoms with Crippen molar-refractivity contribution in [2.24, 2.45) is 5.41 Å². The molecule has 1 saturated heterocycles. The van der Waals surface area contributed by atoms with E-state index in [9.17, 15) is 14.3 Å². The zero-order chi connectivity index (χ0) is 30.3. The Hall–Kier alpha value is -4.63. The molecular formula is C34H31F2N3O4. The Morgan fingerprint density at radius 3 is 2.51 bits per heavy atom. The van der Waals surface area contributed by atoms with E-state index in [0.29, 0.717) is 58.3 Å². The van der Waals surface area contributed by atoms with Gasteiger partial charge in [0.05, 0.1) is 41.5 Å². The van der Waals surface area contributed by atoms with E-state index in [0.717, 1.165) is 5.56 Å². The van der Waals surface area contributed by atoms with E-state index in [-0.39, 0.29) is 35.9 Å². The average Bonchev–Trinajstić information content (AvgIpc) is 3.32. The lowest BCUT2D eigenvalue weighted by Crippen LogP contribution is -2.49. The van der Waals surface area contributed by atoms with Crippen LogP contribution in [0.4, 0.5) is 8.78 Å². The number of rotatable bonds is 9. The van der Waals surface area contributed by atoms with Gasteiger partial charge in [-0.15, -0.1) is 0 Å². The molecule has 1 fully saturated rings. The van der Waals surface area contributed by atoms with Gasteiger partial charge in [0.1, 0.15) is 24.1 Å². The minimum Gasteiger partial charge on any atom is -0.478 e. The van der Waals surface area contributed by atoms with Crippen molar-refractivity contribution < 1.29 is 28.2 Å². The number of pyridine rings is 1. The smallest absolute Gasteiger partial charge is 0.335 e. The van der Waals surface area contributed by atoms with Gasteiger partial charge in [-0.1, -0.05) is 44.2 Å². The molecule has 1 atom stereocenters. The van der Waals surface area contributed by atoms with Crippen LogP contribution in [0, 0.1) is 24.0 Å². The largest absolute Gasteiger partial charge is 0.478 e. The molecule has 0 saturated carbocycles. The number of carboxylic acid groups (broad SMARTS) is 1. The summed E-state index contributed by atoms with van der Waals surface area (Å²) >= 11 is 0. The van der Waals surface area contributed by atoms with Gasteiger partial charge in [-0.2, -0.15) is 0 Å². The number of carboxylic acids is 1. The third kappa shape index (κ3) is 5.85. The summed E-state index contributed by atoms with van der Waals surface area (Å²) in [6.07, 6.45) is 0.127. The van der Waals surface area contributed by atoms with E-state index in [1.807, 2.05) is 17.6 Å². The number of nitrogens with zero attached hydrogens (tertiary/aromatic N) is 3. The van der Waals surface area contributed by atoms with Crippen molar-refractivity contribution in [3.05, 3.63) is 113 Å². The highest BCUT2D eigenvalue weighted by molar-refractivity contribution is 5.92. The van der Waals surface area contributed by atoms with Gasteiger partial charge in [0.2, 0.25) is 5.88 Å². The molecule has 43 heavy (non-hydrogen) atoms. The van der Waals surface area contributed by atoms with Gasteiger partial charge >= 0.3 is 5.97 Å². The summed E-state index contributed by atoms with van der Waals surface area (Å²) in [6.45, 7) is 7.20. The predicted octanol–water partition coefficient (Wildman–Crippen LogP) is 6.98. The number of aromatic carboxylic acids is 1. The van der Waals surface area contributed by atoms with Crippen LogP contribution in [-0.4, -0.2) is 38.3 Å². The Kier molecular flexibility index (Phi) is 7.43. The molecule has 7 nitrogen and oxygen atoms in total. The molecule has 0 bridgehead atoms. The topological polar surface area (TPSA) is 86.5 Å². The Morgan fingerprint density at radius 1 is 1.02 bits per heavy atom. The quantitative estimate of drug-likeness (QED) is 0.202. The second-order valence-electron chi connectivity index (χ2n) is 11.7. The molecule has 6 rings (SSSR count). The van der Waals surface area contributed by atoms with Crippen molar-refractivity contribution in [3.63, 3.8) is 0 Å². The summed E-state index contributed by atoms with van der Waals surface area (Å²) in [4.78, 5) is 20.9. The summed E-state index contributed by atoms with van der Waals surface area (Å²) in [6, 6.07) is 19.9. The second-order valence-corrected chi connectivity index (χ2v) is 11.7. The van der Waals surface area contributed by atoms with Crippen LogP contribution in [0.1, 0.15) is 46.7 Å². The number of halogens is 2. The first-order valence-electron chi connectivity index (χ1n) is 14.0. The van der Waals surface area contributed by atoms with Gasteiger partial charge in [-0.25, -0.2) is 23.5 Å². The lowest BCUT2D eigenvalue weighted by Gasteiger charge is -2.44. The molecule has 5 aromatic rings. The van der Waals surface area contributed by atoms with E-state index >= 15 is 4.39 Å². The number of hydrogen-bond acceptors (Lipinski definition) is 5. The number of benzene rings is 3.